The maximum Gasteiger partial charge on any atom is 0.313 e. The zero-order chi connectivity index (χ0) is 16.5. The first-order valence-electron chi connectivity index (χ1n) is 7.91. The molecule has 1 N–H and O–H groups in total. The summed E-state index contributed by atoms with van der Waals surface area (Å²) >= 11 is 1.30. The second kappa shape index (κ2) is 6.24. The van der Waals surface area contributed by atoms with E-state index in [1.165, 1.54) is 11.8 Å². The van der Waals surface area contributed by atoms with E-state index in [1.54, 1.807) is 4.52 Å². The summed E-state index contributed by atoms with van der Waals surface area (Å²) in [7, 11) is 0. The second-order valence-corrected chi connectivity index (χ2v) is 6.71. The van der Waals surface area contributed by atoms with Crippen molar-refractivity contribution in [1.82, 2.24) is 19.6 Å². The Morgan fingerprint density at radius 1 is 1.17 bits per heavy atom. The van der Waals surface area contributed by atoms with Gasteiger partial charge < -0.3 is 5.11 Å². The van der Waals surface area contributed by atoms with Gasteiger partial charge in [-0.05, 0) is 25.7 Å². The molecule has 4 rings (SSSR count). The number of fused-ring (bicyclic) bond motifs is 2. The summed E-state index contributed by atoms with van der Waals surface area (Å²) in [5.74, 6) is 0.328. The third-order valence-corrected chi connectivity index (χ3v) is 5.16. The van der Waals surface area contributed by atoms with Gasteiger partial charge >= 0.3 is 5.97 Å². The number of carboxylic acid groups (broad SMARTS) is 1. The van der Waals surface area contributed by atoms with E-state index in [1.807, 2.05) is 30.3 Å². The number of nitrogens with zero attached hydrogens (tertiary/aromatic N) is 4. The van der Waals surface area contributed by atoms with Crippen LogP contribution in [0.3, 0.4) is 0 Å². The van der Waals surface area contributed by atoms with Crippen molar-refractivity contribution >= 4 is 23.5 Å². The molecule has 0 radical (unpaired) electrons. The summed E-state index contributed by atoms with van der Waals surface area (Å²) in [6.45, 7) is 0. The molecule has 1 aliphatic rings. The molecule has 0 saturated heterocycles. The van der Waals surface area contributed by atoms with Crippen LogP contribution in [0.25, 0.3) is 17.2 Å². The fraction of sp³-hybridized carbons (Fsp3) is 0.294. The van der Waals surface area contributed by atoms with Crippen molar-refractivity contribution in [3.63, 3.8) is 0 Å². The van der Waals surface area contributed by atoms with Crippen LogP contribution in [0.15, 0.2) is 35.4 Å². The molecule has 6 nitrogen and oxygen atoms in total. The highest BCUT2D eigenvalue weighted by atomic mass is 32.2. The lowest BCUT2D eigenvalue weighted by Crippen LogP contribution is -2.12. The van der Waals surface area contributed by atoms with Gasteiger partial charge in [0.1, 0.15) is 5.03 Å². The van der Waals surface area contributed by atoms with E-state index in [9.17, 15) is 4.79 Å². The predicted octanol–water partition coefficient (Wildman–Crippen LogP) is 2.85. The van der Waals surface area contributed by atoms with Gasteiger partial charge in [-0.3, -0.25) is 4.79 Å². The number of benzene rings is 1. The molecule has 24 heavy (non-hydrogen) atoms. The van der Waals surface area contributed by atoms with Gasteiger partial charge in [-0.1, -0.05) is 42.1 Å². The molecular weight excluding hydrogens is 324 g/mol. The quantitative estimate of drug-likeness (QED) is 0.581. The van der Waals surface area contributed by atoms with E-state index >= 15 is 0 Å². The molecule has 1 aromatic carbocycles. The molecule has 0 atom stereocenters. The first kappa shape index (κ1) is 15.1. The molecule has 0 saturated carbocycles. The Hall–Kier alpha value is -2.41. The number of rotatable bonds is 4. The van der Waals surface area contributed by atoms with Gasteiger partial charge in [0, 0.05) is 11.1 Å². The number of hydrogen-bond donors (Lipinski definition) is 1. The van der Waals surface area contributed by atoms with Crippen LogP contribution in [0.1, 0.15) is 24.1 Å². The third kappa shape index (κ3) is 2.75. The van der Waals surface area contributed by atoms with Crippen LogP contribution >= 0.6 is 11.8 Å². The van der Waals surface area contributed by atoms with Crippen LogP contribution in [-0.4, -0.2) is 36.4 Å². The molecule has 0 fully saturated rings. The van der Waals surface area contributed by atoms with Crippen molar-refractivity contribution < 1.29 is 9.90 Å². The Morgan fingerprint density at radius 2 is 1.96 bits per heavy atom. The van der Waals surface area contributed by atoms with Gasteiger partial charge in [0.2, 0.25) is 0 Å². The summed E-state index contributed by atoms with van der Waals surface area (Å²) in [5, 5.41) is 14.5. The van der Waals surface area contributed by atoms with Crippen LogP contribution in [0.4, 0.5) is 0 Å². The monoisotopic (exact) mass is 340 g/mol. The Labute approximate surface area is 142 Å². The molecule has 0 amide bonds. The van der Waals surface area contributed by atoms with Crippen LogP contribution in [0, 0.1) is 0 Å². The Kier molecular flexibility index (Phi) is 3.93. The number of hydrogen-bond acceptors (Lipinski definition) is 5. The Balaban J connectivity index is 1.87. The Morgan fingerprint density at radius 3 is 2.75 bits per heavy atom. The highest BCUT2D eigenvalue weighted by molar-refractivity contribution is 7.99. The zero-order valence-corrected chi connectivity index (χ0v) is 13.8. The number of carbonyl (C=O) groups is 1. The van der Waals surface area contributed by atoms with E-state index in [4.69, 9.17) is 5.11 Å². The zero-order valence-electron chi connectivity index (χ0n) is 13.0. The van der Waals surface area contributed by atoms with Crippen molar-refractivity contribution in [2.75, 3.05) is 5.75 Å². The highest BCUT2D eigenvalue weighted by Gasteiger charge is 2.22. The first-order valence-corrected chi connectivity index (χ1v) is 8.89. The van der Waals surface area contributed by atoms with Gasteiger partial charge in [-0.2, -0.15) is 9.50 Å². The number of thioether (sulfide) groups is 1. The SMILES string of the molecule is O=C(O)CSc1c2c(nc3nc(-c4ccccc4)nn13)CCCC2. The van der Waals surface area contributed by atoms with Gasteiger partial charge in [-0.15, -0.1) is 5.10 Å². The molecule has 1 aliphatic carbocycles. The lowest BCUT2D eigenvalue weighted by molar-refractivity contribution is -0.133. The van der Waals surface area contributed by atoms with Gasteiger partial charge in [-0.25, -0.2) is 4.98 Å². The maximum absolute atomic E-state index is 11.0. The van der Waals surface area contributed by atoms with E-state index < -0.39 is 5.97 Å². The second-order valence-electron chi connectivity index (χ2n) is 5.74. The average Bonchev–Trinajstić information content (AvgIpc) is 3.03. The van der Waals surface area contributed by atoms with E-state index in [0.717, 1.165) is 47.5 Å². The maximum atomic E-state index is 11.0. The number of aryl methyl sites for hydroxylation is 1. The third-order valence-electron chi connectivity index (χ3n) is 4.08. The van der Waals surface area contributed by atoms with Crippen LogP contribution in [-0.2, 0) is 17.6 Å². The topological polar surface area (TPSA) is 80.4 Å². The van der Waals surface area contributed by atoms with Crippen molar-refractivity contribution in [3.8, 4) is 11.4 Å². The summed E-state index contributed by atoms with van der Waals surface area (Å²) in [6, 6.07) is 9.75. The summed E-state index contributed by atoms with van der Waals surface area (Å²) in [4.78, 5) is 20.3. The lowest BCUT2D eigenvalue weighted by Gasteiger charge is -2.18. The van der Waals surface area contributed by atoms with Crippen molar-refractivity contribution in [1.29, 1.82) is 0 Å². The molecule has 122 valence electrons. The van der Waals surface area contributed by atoms with Crippen molar-refractivity contribution in [2.45, 2.75) is 30.7 Å². The first-order chi connectivity index (χ1) is 11.7. The summed E-state index contributed by atoms with van der Waals surface area (Å²) in [5.41, 5.74) is 3.09. The van der Waals surface area contributed by atoms with Gasteiger partial charge in [0.05, 0.1) is 11.4 Å². The smallest absolute Gasteiger partial charge is 0.313 e. The van der Waals surface area contributed by atoms with Crippen molar-refractivity contribution in [3.05, 3.63) is 41.6 Å². The largest absolute Gasteiger partial charge is 0.481 e. The molecule has 0 spiro atoms. The van der Waals surface area contributed by atoms with Crippen LogP contribution in [0.5, 0.6) is 0 Å². The van der Waals surface area contributed by atoms with Crippen LogP contribution in [0.2, 0.25) is 0 Å². The fourth-order valence-corrected chi connectivity index (χ4v) is 3.89. The number of aliphatic carboxylic acids is 1. The summed E-state index contributed by atoms with van der Waals surface area (Å²) in [6.07, 6.45) is 4.04. The van der Waals surface area contributed by atoms with Gasteiger partial charge in [0.15, 0.2) is 5.82 Å². The molecule has 2 heterocycles. The molecule has 3 aromatic rings. The standard InChI is InChI=1S/C17H16N4O2S/c22-14(23)10-24-16-12-8-4-5-9-13(12)18-17-19-15(20-21(16)17)11-6-2-1-3-7-11/h1-3,6-7H,4-5,8-10H2,(H,22,23). The minimum Gasteiger partial charge on any atom is -0.481 e. The van der Waals surface area contributed by atoms with E-state index in [2.05, 4.69) is 15.1 Å². The molecule has 0 aliphatic heterocycles. The highest BCUT2D eigenvalue weighted by Crippen LogP contribution is 2.31. The fourth-order valence-electron chi connectivity index (χ4n) is 2.99. The van der Waals surface area contributed by atoms with E-state index in [0.29, 0.717) is 11.6 Å². The van der Waals surface area contributed by atoms with Crippen LogP contribution < -0.4 is 0 Å². The molecule has 2 aromatic heterocycles. The summed E-state index contributed by atoms with van der Waals surface area (Å²) < 4.78 is 1.71. The number of aromatic nitrogens is 4. The molecular formula is C17H16N4O2S. The minimum absolute atomic E-state index is 0.00604. The predicted molar refractivity (Wildman–Crippen MR) is 91.2 cm³/mol. The molecule has 0 unspecified atom stereocenters. The van der Waals surface area contributed by atoms with Gasteiger partial charge in [0.25, 0.3) is 5.78 Å². The molecule has 7 heteroatoms. The average molecular weight is 340 g/mol. The normalized spacial score (nSPS) is 13.8. The van der Waals surface area contributed by atoms with E-state index in [-0.39, 0.29) is 5.75 Å². The lowest BCUT2D eigenvalue weighted by atomic mass is 9.97. The molecule has 0 bridgehead atoms. The Bertz CT molecular complexity index is 908. The number of carboxylic acids is 1. The minimum atomic E-state index is -0.835. The van der Waals surface area contributed by atoms with Crippen molar-refractivity contribution in [2.24, 2.45) is 0 Å².